The Kier molecular flexibility index (Phi) is 3.80. The van der Waals surface area contributed by atoms with Crippen molar-refractivity contribution in [3.63, 3.8) is 0 Å². The van der Waals surface area contributed by atoms with Gasteiger partial charge in [-0.3, -0.25) is 4.98 Å². The molecule has 0 saturated carbocycles. The van der Waals surface area contributed by atoms with Gasteiger partial charge in [0.2, 0.25) is 0 Å². The van der Waals surface area contributed by atoms with Crippen LogP contribution in [0.5, 0.6) is 0 Å². The molecule has 0 bridgehead atoms. The van der Waals surface area contributed by atoms with Gasteiger partial charge in [0.15, 0.2) is 5.69 Å². The predicted molar refractivity (Wildman–Crippen MR) is 78.8 cm³/mol. The summed E-state index contributed by atoms with van der Waals surface area (Å²) in [5.74, 6) is -1.23. The maximum Gasteiger partial charge on any atom is 0.416 e. The van der Waals surface area contributed by atoms with Crippen molar-refractivity contribution in [2.24, 2.45) is 0 Å². The normalized spacial score (nSPS) is 11.5. The Morgan fingerprint density at radius 3 is 2.21 bits per heavy atom. The van der Waals surface area contributed by atoms with Crippen LogP contribution in [0.25, 0.3) is 16.9 Å². The first-order valence-electron chi connectivity index (χ1n) is 6.77. The van der Waals surface area contributed by atoms with Crippen LogP contribution >= 0.6 is 0 Å². The molecular formula is C16H10F3N3O2. The van der Waals surface area contributed by atoms with Crippen LogP contribution in [0.1, 0.15) is 16.1 Å². The average Bonchev–Trinajstić information content (AvgIpc) is 3.00. The summed E-state index contributed by atoms with van der Waals surface area (Å²) in [6, 6.07) is 9.00. The van der Waals surface area contributed by atoms with Crippen molar-refractivity contribution in [2.45, 2.75) is 6.18 Å². The fraction of sp³-hybridized carbons (Fsp3) is 0.0625. The molecule has 1 aromatic carbocycles. The molecule has 0 radical (unpaired) electrons. The molecule has 0 atom stereocenters. The molecule has 122 valence electrons. The highest BCUT2D eigenvalue weighted by Gasteiger charge is 2.30. The maximum absolute atomic E-state index is 12.7. The Hall–Kier alpha value is -3.16. The first kappa shape index (κ1) is 15.7. The smallest absolute Gasteiger partial charge is 0.416 e. The van der Waals surface area contributed by atoms with E-state index in [-0.39, 0.29) is 5.69 Å². The lowest BCUT2D eigenvalue weighted by atomic mass is 10.1. The molecule has 0 saturated heterocycles. The second-order valence-corrected chi connectivity index (χ2v) is 4.91. The van der Waals surface area contributed by atoms with E-state index in [1.54, 1.807) is 12.1 Å². The van der Waals surface area contributed by atoms with E-state index < -0.39 is 17.7 Å². The van der Waals surface area contributed by atoms with Crippen molar-refractivity contribution in [3.8, 4) is 16.9 Å². The van der Waals surface area contributed by atoms with Crippen LogP contribution in [0.3, 0.4) is 0 Å². The minimum atomic E-state index is -4.44. The summed E-state index contributed by atoms with van der Waals surface area (Å²) in [6.07, 6.45) is -1.39. The quantitative estimate of drug-likeness (QED) is 0.794. The fourth-order valence-corrected chi connectivity index (χ4v) is 2.20. The summed E-state index contributed by atoms with van der Waals surface area (Å²) in [7, 11) is 0. The third-order valence-corrected chi connectivity index (χ3v) is 3.34. The lowest BCUT2D eigenvalue weighted by molar-refractivity contribution is -0.137. The van der Waals surface area contributed by atoms with Gasteiger partial charge in [-0.15, -0.1) is 0 Å². The van der Waals surface area contributed by atoms with E-state index in [1.165, 1.54) is 35.3 Å². The van der Waals surface area contributed by atoms with Gasteiger partial charge in [0.05, 0.1) is 16.9 Å². The van der Waals surface area contributed by atoms with Gasteiger partial charge in [-0.05, 0) is 42.5 Å². The zero-order valence-electron chi connectivity index (χ0n) is 12.0. The number of nitrogens with zero attached hydrogens (tertiary/aromatic N) is 3. The first-order chi connectivity index (χ1) is 11.4. The molecule has 0 amide bonds. The molecule has 5 nitrogen and oxygen atoms in total. The number of alkyl halides is 3. The van der Waals surface area contributed by atoms with Crippen LogP contribution in [0.15, 0.2) is 54.9 Å². The molecule has 0 aliphatic carbocycles. The average molecular weight is 333 g/mol. The lowest BCUT2D eigenvalue weighted by Gasteiger charge is -2.10. The van der Waals surface area contributed by atoms with E-state index >= 15 is 0 Å². The van der Waals surface area contributed by atoms with Crippen molar-refractivity contribution in [1.29, 1.82) is 0 Å². The molecule has 0 spiro atoms. The molecule has 3 rings (SSSR count). The van der Waals surface area contributed by atoms with Crippen LogP contribution in [-0.4, -0.2) is 25.8 Å². The Morgan fingerprint density at radius 2 is 1.67 bits per heavy atom. The lowest BCUT2D eigenvalue weighted by Crippen LogP contribution is -2.06. The standard InChI is InChI=1S/C16H10F3N3O2/c17-16(18,19)11-1-3-12(4-2-11)22-14(9-13(21-22)15(23)24)10-5-7-20-8-6-10/h1-9H,(H,23,24). The fourth-order valence-electron chi connectivity index (χ4n) is 2.20. The highest BCUT2D eigenvalue weighted by molar-refractivity contribution is 5.87. The number of halogens is 3. The van der Waals surface area contributed by atoms with Gasteiger partial charge >= 0.3 is 12.1 Å². The number of carbonyl (C=O) groups is 1. The molecular weight excluding hydrogens is 323 g/mol. The molecule has 8 heteroatoms. The van der Waals surface area contributed by atoms with Crippen LogP contribution in [0.4, 0.5) is 13.2 Å². The molecule has 2 aromatic heterocycles. The SMILES string of the molecule is O=C(O)c1cc(-c2ccncc2)n(-c2ccc(C(F)(F)F)cc2)n1. The first-order valence-corrected chi connectivity index (χ1v) is 6.77. The van der Waals surface area contributed by atoms with Gasteiger partial charge in [0.1, 0.15) is 0 Å². The van der Waals surface area contributed by atoms with Crippen LogP contribution in [0, 0.1) is 0 Å². The number of rotatable bonds is 3. The number of carboxylic acid groups (broad SMARTS) is 1. The molecule has 2 heterocycles. The molecule has 0 fully saturated rings. The number of hydrogen-bond donors (Lipinski definition) is 1. The molecule has 24 heavy (non-hydrogen) atoms. The molecule has 3 aromatic rings. The predicted octanol–water partition coefficient (Wildman–Crippen LogP) is 3.65. The molecule has 0 unspecified atom stereocenters. The topological polar surface area (TPSA) is 68.0 Å². The van der Waals surface area contributed by atoms with Gasteiger partial charge in [0, 0.05) is 18.0 Å². The van der Waals surface area contributed by atoms with Crippen LogP contribution in [-0.2, 0) is 6.18 Å². The maximum atomic E-state index is 12.7. The third kappa shape index (κ3) is 2.98. The van der Waals surface area contributed by atoms with Gasteiger partial charge in [-0.2, -0.15) is 18.3 Å². The van der Waals surface area contributed by atoms with Gasteiger partial charge < -0.3 is 5.11 Å². The largest absolute Gasteiger partial charge is 0.476 e. The highest BCUT2D eigenvalue weighted by Crippen LogP contribution is 2.30. The molecule has 0 aliphatic rings. The van der Waals surface area contributed by atoms with E-state index in [2.05, 4.69) is 10.1 Å². The second kappa shape index (κ2) is 5.80. The van der Waals surface area contributed by atoms with Crippen molar-refractivity contribution >= 4 is 5.97 Å². The van der Waals surface area contributed by atoms with E-state index in [0.29, 0.717) is 16.9 Å². The Bertz CT molecular complexity index is 872. The van der Waals surface area contributed by atoms with Crippen molar-refractivity contribution in [2.75, 3.05) is 0 Å². The monoisotopic (exact) mass is 333 g/mol. The van der Waals surface area contributed by atoms with E-state index in [1.807, 2.05) is 0 Å². The number of hydrogen-bond acceptors (Lipinski definition) is 3. The minimum absolute atomic E-state index is 0.207. The molecule has 1 N–H and O–H groups in total. The summed E-state index contributed by atoms with van der Waals surface area (Å²) < 4.78 is 39.3. The minimum Gasteiger partial charge on any atom is -0.476 e. The number of aromatic carboxylic acids is 1. The second-order valence-electron chi connectivity index (χ2n) is 4.91. The highest BCUT2D eigenvalue weighted by atomic mass is 19.4. The zero-order chi connectivity index (χ0) is 17.3. The van der Waals surface area contributed by atoms with Crippen molar-refractivity contribution in [3.05, 3.63) is 66.1 Å². The van der Waals surface area contributed by atoms with Gasteiger partial charge in [0.25, 0.3) is 0 Å². The number of pyridine rings is 1. The molecule has 0 aliphatic heterocycles. The summed E-state index contributed by atoms with van der Waals surface area (Å²) in [4.78, 5) is 15.1. The summed E-state index contributed by atoms with van der Waals surface area (Å²) >= 11 is 0. The summed E-state index contributed by atoms with van der Waals surface area (Å²) in [5.41, 5.74) is 0.408. The summed E-state index contributed by atoms with van der Waals surface area (Å²) in [6.45, 7) is 0. The van der Waals surface area contributed by atoms with Crippen LogP contribution < -0.4 is 0 Å². The van der Waals surface area contributed by atoms with Crippen LogP contribution in [0.2, 0.25) is 0 Å². The van der Waals surface area contributed by atoms with E-state index in [4.69, 9.17) is 5.11 Å². The van der Waals surface area contributed by atoms with Crippen molar-refractivity contribution in [1.82, 2.24) is 14.8 Å². The number of aromatic nitrogens is 3. The Labute approximate surface area is 134 Å². The Balaban J connectivity index is 2.11. The van der Waals surface area contributed by atoms with Gasteiger partial charge in [-0.1, -0.05) is 0 Å². The summed E-state index contributed by atoms with van der Waals surface area (Å²) in [5, 5.41) is 13.1. The zero-order valence-corrected chi connectivity index (χ0v) is 12.0. The number of carboxylic acids is 1. The van der Waals surface area contributed by atoms with E-state index in [0.717, 1.165) is 12.1 Å². The Morgan fingerprint density at radius 1 is 1.04 bits per heavy atom. The number of benzene rings is 1. The van der Waals surface area contributed by atoms with Gasteiger partial charge in [-0.25, -0.2) is 9.48 Å². The third-order valence-electron chi connectivity index (χ3n) is 3.34. The van der Waals surface area contributed by atoms with E-state index in [9.17, 15) is 18.0 Å². The van der Waals surface area contributed by atoms with Crippen molar-refractivity contribution < 1.29 is 23.1 Å².